The first kappa shape index (κ1) is 12.5. The monoisotopic (exact) mass is 212 g/mol. The maximum Gasteiger partial charge on any atom is 0.0947 e. The van der Waals surface area contributed by atoms with Gasteiger partial charge in [0.15, 0.2) is 0 Å². The van der Waals surface area contributed by atoms with Crippen LogP contribution in [0.1, 0.15) is 19.8 Å². The highest BCUT2D eigenvalue weighted by atomic mass is 15.2. The van der Waals surface area contributed by atoms with Crippen molar-refractivity contribution in [2.45, 2.75) is 25.8 Å². The predicted octanol–water partition coefficient (Wildman–Crippen LogP) is 0.584. The molecule has 0 radical (unpaired) electrons. The van der Waals surface area contributed by atoms with Gasteiger partial charge in [0.05, 0.1) is 5.84 Å². The number of hydrogen-bond acceptors (Lipinski definition) is 3. The van der Waals surface area contributed by atoms with E-state index in [-0.39, 0.29) is 5.92 Å². The first-order chi connectivity index (χ1) is 7.00. The summed E-state index contributed by atoms with van der Waals surface area (Å²) in [5, 5.41) is 7.39. The van der Waals surface area contributed by atoms with Gasteiger partial charge in [-0.25, -0.2) is 0 Å². The molecule has 0 amide bonds. The molecular weight excluding hydrogens is 188 g/mol. The number of piperidine rings is 1. The number of amidine groups is 1. The summed E-state index contributed by atoms with van der Waals surface area (Å²) in [6.07, 6.45) is 2.55. The lowest BCUT2D eigenvalue weighted by Gasteiger charge is -2.37. The maximum atomic E-state index is 7.39. The summed E-state index contributed by atoms with van der Waals surface area (Å²) in [5.41, 5.74) is 5.49. The number of rotatable bonds is 4. The Morgan fingerprint density at radius 2 is 2.27 bits per heavy atom. The van der Waals surface area contributed by atoms with Gasteiger partial charge >= 0.3 is 0 Å². The molecule has 15 heavy (non-hydrogen) atoms. The largest absolute Gasteiger partial charge is 0.387 e. The third-order valence-electron chi connectivity index (χ3n) is 3.27. The summed E-state index contributed by atoms with van der Waals surface area (Å²) < 4.78 is 0. The highest BCUT2D eigenvalue weighted by molar-refractivity contribution is 5.79. The van der Waals surface area contributed by atoms with Crippen molar-refractivity contribution < 1.29 is 0 Å². The van der Waals surface area contributed by atoms with Crippen LogP contribution in [0.5, 0.6) is 0 Å². The molecule has 1 fully saturated rings. The van der Waals surface area contributed by atoms with Crippen molar-refractivity contribution >= 4 is 5.84 Å². The molecule has 0 spiro atoms. The number of hydrogen-bond donors (Lipinski definition) is 2. The van der Waals surface area contributed by atoms with Crippen molar-refractivity contribution in [1.82, 2.24) is 9.80 Å². The van der Waals surface area contributed by atoms with E-state index < -0.39 is 0 Å². The lowest BCUT2D eigenvalue weighted by atomic mass is 10.0. The number of nitrogens with zero attached hydrogens (tertiary/aromatic N) is 2. The van der Waals surface area contributed by atoms with Gasteiger partial charge in [0.2, 0.25) is 0 Å². The highest BCUT2D eigenvalue weighted by Gasteiger charge is 2.22. The van der Waals surface area contributed by atoms with E-state index in [2.05, 4.69) is 23.9 Å². The highest BCUT2D eigenvalue weighted by Crippen LogP contribution is 2.14. The minimum Gasteiger partial charge on any atom is -0.387 e. The molecule has 2 unspecified atom stereocenters. The standard InChI is InChI=1S/C11H24N4/c1-9(11(12)13)7-15-6-4-5-10(8-15)14(2)3/h9-10H,4-8H2,1-3H3,(H3,12,13). The van der Waals surface area contributed by atoms with Gasteiger partial charge in [0, 0.05) is 25.0 Å². The van der Waals surface area contributed by atoms with Crippen LogP contribution in [-0.4, -0.2) is 55.4 Å². The Hall–Kier alpha value is -0.610. The third kappa shape index (κ3) is 3.80. The number of nitrogens with two attached hydrogens (primary N) is 1. The zero-order valence-electron chi connectivity index (χ0n) is 10.2. The van der Waals surface area contributed by atoms with Crippen LogP contribution in [0, 0.1) is 11.3 Å². The van der Waals surface area contributed by atoms with Crippen molar-refractivity contribution in [3.05, 3.63) is 0 Å². The van der Waals surface area contributed by atoms with Gasteiger partial charge < -0.3 is 15.5 Å². The first-order valence-electron chi connectivity index (χ1n) is 5.73. The van der Waals surface area contributed by atoms with E-state index in [1.165, 1.54) is 12.8 Å². The lowest BCUT2D eigenvalue weighted by Crippen LogP contribution is -2.47. The Kier molecular flexibility index (Phi) is 4.54. The lowest BCUT2D eigenvalue weighted by molar-refractivity contribution is 0.127. The van der Waals surface area contributed by atoms with E-state index in [4.69, 9.17) is 11.1 Å². The first-order valence-corrected chi connectivity index (χ1v) is 5.73. The fourth-order valence-electron chi connectivity index (χ4n) is 2.10. The van der Waals surface area contributed by atoms with Gasteiger partial charge in [-0.3, -0.25) is 5.41 Å². The third-order valence-corrected chi connectivity index (χ3v) is 3.27. The number of likely N-dealkylation sites (tertiary alicyclic amines) is 1. The van der Waals surface area contributed by atoms with Crippen molar-refractivity contribution in [3.8, 4) is 0 Å². The van der Waals surface area contributed by atoms with Crippen LogP contribution in [0.4, 0.5) is 0 Å². The summed E-state index contributed by atoms with van der Waals surface area (Å²) in [6.45, 7) is 5.23. The van der Waals surface area contributed by atoms with Crippen LogP contribution in [0.25, 0.3) is 0 Å². The maximum absolute atomic E-state index is 7.39. The van der Waals surface area contributed by atoms with Crippen LogP contribution in [-0.2, 0) is 0 Å². The zero-order chi connectivity index (χ0) is 11.4. The van der Waals surface area contributed by atoms with Gasteiger partial charge in [0.25, 0.3) is 0 Å². The second-order valence-electron chi connectivity index (χ2n) is 4.88. The SMILES string of the molecule is CC(CN1CCCC(N(C)C)C1)C(=N)N. The molecule has 1 rings (SSSR count). The van der Waals surface area contributed by atoms with E-state index in [1.807, 2.05) is 6.92 Å². The van der Waals surface area contributed by atoms with E-state index >= 15 is 0 Å². The molecule has 4 nitrogen and oxygen atoms in total. The number of likely N-dealkylation sites (N-methyl/N-ethyl adjacent to an activating group) is 1. The topological polar surface area (TPSA) is 56.4 Å². The molecule has 0 aromatic rings. The zero-order valence-corrected chi connectivity index (χ0v) is 10.2. The van der Waals surface area contributed by atoms with E-state index in [0.29, 0.717) is 11.9 Å². The van der Waals surface area contributed by atoms with Gasteiger partial charge in [0.1, 0.15) is 0 Å². The average molecular weight is 212 g/mol. The van der Waals surface area contributed by atoms with Gasteiger partial charge in [-0.05, 0) is 33.5 Å². The quantitative estimate of drug-likeness (QED) is 0.529. The minimum atomic E-state index is 0.186. The van der Waals surface area contributed by atoms with Crippen LogP contribution in [0.3, 0.4) is 0 Å². The minimum absolute atomic E-state index is 0.186. The van der Waals surface area contributed by atoms with Crippen LogP contribution in [0.15, 0.2) is 0 Å². The molecule has 0 aromatic carbocycles. The molecule has 1 heterocycles. The Balaban J connectivity index is 2.39. The second kappa shape index (κ2) is 5.47. The summed E-state index contributed by atoms with van der Waals surface area (Å²) in [4.78, 5) is 4.73. The average Bonchev–Trinajstić information content (AvgIpc) is 2.18. The van der Waals surface area contributed by atoms with Gasteiger partial charge in [-0.15, -0.1) is 0 Å². The Morgan fingerprint density at radius 3 is 2.80 bits per heavy atom. The summed E-state index contributed by atoms with van der Waals surface area (Å²) >= 11 is 0. The smallest absolute Gasteiger partial charge is 0.0947 e. The molecule has 0 saturated carbocycles. The molecule has 0 bridgehead atoms. The van der Waals surface area contributed by atoms with Crippen LogP contribution < -0.4 is 5.73 Å². The van der Waals surface area contributed by atoms with Crippen molar-refractivity contribution in [3.63, 3.8) is 0 Å². The normalized spacial score (nSPS) is 25.5. The molecule has 1 aliphatic rings. The fraction of sp³-hybridized carbons (Fsp3) is 0.909. The summed E-state index contributed by atoms with van der Waals surface area (Å²) in [6, 6.07) is 0.665. The molecule has 0 aliphatic carbocycles. The molecular formula is C11H24N4. The van der Waals surface area contributed by atoms with Crippen molar-refractivity contribution in [2.75, 3.05) is 33.7 Å². The molecule has 2 atom stereocenters. The van der Waals surface area contributed by atoms with E-state index in [0.717, 1.165) is 19.6 Å². The Morgan fingerprint density at radius 1 is 1.60 bits per heavy atom. The molecule has 1 aliphatic heterocycles. The number of nitrogens with one attached hydrogen (secondary N) is 1. The molecule has 3 N–H and O–H groups in total. The van der Waals surface area contributed by atoms with Crippen LogP contribution >= 0.6 is 0 Å². The van der Waals surface area contributed by atoms with Crippen molar-refractivity contribution in [1.29, 1.82) is 5.41 Å². The Bertz CT molecular complexity index is 215. The second-order valence-corrected chi connectivity index (χ2v) is 4.88. The Labute approximate surface area is 92.9 Å². The van der Waals surface area contributed by atoms with Crippen LogP contribution in [0.2, 0.25) is 0 Å². The summed E-state index contributed by atoms with van der Waals surface area (Å²) in [7, 11) is 4.28. The van der Waals surface area contributed by atoms with Gasteiger partial charge in [-0.2, -0.15) is 0 Å². The predicted molar refractivity (Wildman–Crippen MR) is 64.2 cm³/mol. The molecule has 4 heteroatoms. The fourth-order valence-corrected chi connectivity index (χ4v) is 2.10. The molecule has 0 aromatic heterocycles. The van der Waals surface area contributed by atoms with Gasteiger partial charge in [-0.1, -0.05) is 6.92 Å². The molecule has 1 saturated heterocycles. The summed E-state index contributed by atoms with van der Waals surface area (Å²) in [5.74, 6) is 0.493. The van der Waals surface area contributed by atoms with E-state index in [9.17, 15) is 0 Å². The molecule has 88 valence electrons. The van der Waals surface area contributed by atoms with E-state index in [1.54, 1.807) is 0 Å². The van der Waals surface area contributed by atoms with Crippen molar-refractivity contribution in [2.24, 2.45) is 11.7 Å².